The van der Waals surface area contributed by atoms with Gasteiger partial charge in [0, 0.05) is 17.1 Å². The highest BCUT2D eigenvalue weighted by molar-refractivity contribution is 9.10. The van der Waals surface area contributed by atoms with Crippen LogP contribution in [0.3, 0.4) is 0 Å². The molecular weight excluding hydrogens is 274 g/mol. The quantitative estimate of drug-likeness (QED) is 0.789. The molecule has 0 spiro atoms. The second-order valence-electron chi connectivity index (χ2n) is 5.50. The maximum absolute atomic E-state index is 3.50. The molecule has 2 unspecified atom stereocenters. The normalized spacial score (nSPS) is 29.2. The number of nitrogens with zero attached hydrogens (tertiary/aromatic N) is 1. The number of halogens is 1. The molecule has 1 saturated heterocycles. The highest BCUT2D eigenvalue weighted by Gasteiger charge is 2.35. The van der Waals surface area contributed by atoms with E-state index < -0.39 is 0 Å². The van der Waals surface area contributed by atoms with Gasteiger partial charge in [-0.05, 0) is 49.4 Å². The number of likely N-dealkylation sites (tertiary alicyclic amines) is 1. The summed E-state index contributed by atoms with van der Waals surface area (Å²) < 4.78 is 1.18. The van der Waals surface area contributed by atoms with Crippen LogP contribution in [0.1, 0.15) is 37.7 Å². The van der Waals surface area contributed by atoms with Crippen LogP contribution in [0.5, 0.6) is 0 Å². The molecule has 0 amide bonds. The van der Waals surface area contributed by atoms with Gasteiger partial charge in [0.05, 0.1) is 0 Å². The maximum Gasteiger partial charge on any atom is 0.0236 e. The van der Waals surface area contributed by atoms with E-state index in [0.717, 1.165) is 18.5 Å². The zero-order chi connectivity index (χ0) is 11.7. The van der Waals surface area contributed by atoms with Crippen LogP contribution < -0.4 is 0 Å². The van der Waals surface area contributed by atoms with Gasteiger partial charge < -0.3 is 0 Å². The van der Waals surface area contributed by atoms with Gasteiger partial charge in [0.1, 0.15) is 0 Å². The summed E-state index contributed by atoms with van der Waals surface area (Å²) in [5.41, 5.74) is 1.46. The lowest BCUT2D eigenvalue weighted by molar-refractivity contribution is 0.176. The fraction of sp³-hybridized carbons (Fsp3) is 0.600. The van der Waals surface area contributed by atoms with Gasteiger partial charge in [-0.1, -0.05) is 40.9 Å². The molecule has 1 aliphatic carbocycles. The summed E-state index contributed by atoms with van der Waals surface area (Å²) in [7, 11) is 0. The third-order valence-corrected chi connectivity index (χ3v) is 4.95. The standard InChI is InChI=1S/C15H20BrN/c16-14-7-5-12(6-8-14)11-17-10-9-13-3-1-2-4-15(13)17/h5-8,13,15H,1-4,9-11H2. The van der Waals surface area contributed by atoms with E-state index in [0.29, 0.717) is 0 Å². The van der Waals surface area contributed by atoms with Crippen LogP contribution in [0.2, 0.25) is 0 Å². The van der Waals surface area contributed by atoms with Gasteiger partial charge in [0.2, 0.25) is 0 Å². The lowest BCUT2D eigenvalue weighted by Gasteiger charge is -2.31. The highest BCUT2D eigenvalue weighted by atomic mass is 79.9. The molecule has 0 radical (unpaired) electrons. The molecule has 2 heteroatoms. The van der Waals surface area contributed by atoms with Gasteiger partial charge in [-0.3, -0.25) is 4.90 Å². The Balaban J connectivity index is 1.67. The first-order chi connectivity index (χ1) is 8.33. The number of rotatable bonds is 2. The minimum atomic E-state index is 0.882. The largest absolute Gasteiger partial charge is 0.296 e. The molecule has 1 aromatic rings. The van der Waals surface area contributed by atoms with E-state index in [-0.39, 0.29) is 0 Å². The van der Waals surface area contributed by atoms with Crippen molar-refractivity contribution < 1.29 is 0 Å². The Morgan fingerprint density at radius 3 is 2.65 bits per heavy atom. The van der Waals surface area contributed by atoms with Crippen molar-refractivity contribution in [3.05, 3.63) is 34.3 Å². The van der Waals surface area contributed by atoms with E-state index in [4.69, 9.17) is 0 Å². The molecule has 0 N–H and O–H groups in total. The van der Waals surface area contributed by atoms with Crippen LogP contribution in [0.25, 0.3) is 0 Å². The van der Waals surface area contributed by atoms with Gasteiger partial charge in [-0.15, -0.1) is 0 Å². The lowest BCUT2D eigenvalue weighted by atomic mass is 9.85. The van der Waals surface area contributed by atoms with Crippen molar-refractivity contribution >= 4 is 15.9 Å². The predicted molar refractivity (Wildman–Crippen MR) is 74.9 cm³/mol. The van der Waals surface area contributed by atoms with E-state index >= 15 is 0 Å². The molecule has 2 fully saturated rings. The molecule has 1 saturated carbocycles. The molecule has 0 bridgehead atoms. The number of benzene rings is 1. The topological polar surface area (TPSA) is 3.24 Å². The fourth-order valence-electron chi connectivity index (χ4n) is 3.52. The van der Waals surface area contributed by atoms with Crippen LogP contribution in [0.4, 0.5) is 0 Å². The number of hydrogen-bond donors (Lipinski definition) is 0. The predicted octanol–water partition coefficient (Wildman–Crippen LogP) is 4.21. The van der Waals surface area contributed by atoms with E-state index in [9.17, 15) is 0 Å². The average molecular weight is 294 g/mol. The third-order valence-electron chi connectivity index (χ3n) is 4.42. The Labute approximate surface area is 112 Å². The number of hydrogen-bond acceptors (Lipinski definition) is 1. The fourth-order valence-corrected chi connectivity index (χ4v) is 3.79. The average Bonchev–Trinajstić information content (AvgIpc) is 2.76. The van der Waals surface area contributed by atoms with Gasteiger partial charge in [0.15, 0.2) is 0 Å². The van der Waals surface area contributed by atoms with E-state index in [1.54, 1.807) is 0 Å². The second kappa shape index (κ2) is 5.11. The van der Waals surface area contributed by atoms with Crippen LogP contribution in [0.15, 0.2) is 28.7 Å². The lowest BCUT2D eigenvalue weighted by Crippen LogP contribution is -2.34. The first-order valence-electron chi connectivity index (χ1n) is 6.81. The molecule has 1 aromatic carbocycles. The molecular formula is C15H20BrN. The summed E-state index contributed by atoms with van der Waals surface area (Å²) in [5.74, 6) is 0.999. The summed E-state index contributed by atoms with van der Waals surface area (Å²) in [5, 5.41) is 0. The van der Waals surface area contributed by atoms with Gasteiger partial charge in [-0.2, -0.15) is 0 Å². The summed E-state index contributed by atoms with van der Waals surface area (Å²) in [4.78, 5) is 2.72. The van der Waals surface area contributed by atoms with Crippen molar-refractivity contribution in [3.63, 3.8) is 0 Å². The third kappa shape index (κ3) is 2.58. The van der Waals surface area contributed by atoms with E-state index in [2.05, 4.69) is 45.1 Å². The Kier molecular flexibility index (Phi) is 3.53. The minimum Gasteiger partial charge on any atom is -0.296 e. The van der Waals surface area contributed by atoms with Crippen molar-refractivity contribution in [1.29, 1.82) is 0 Å². The molecule has 3 rings (SSSR count). The molecule has 1 heterocycles. The molecule has 92 valence electrons. The summed E-state index contributed by atoms with van der Waals surface area (Å²) >= 11 is 3.50. The SMILES string of the molecule is Brc1ccc(CN2CCC3CCCCC32)cc1. The minimum absolute atomic E-state index is 0.882. The van der Waals surface area contributed by atoms with Crippen molar-refractivity contribution in [3.8, 4) is 0 Å². The maximum atomic E-state index is 3.50. The molecule has 2 aliphatic rings. The molecule has 17 heavy (non-hydrogen) atoms. The Bertz CT molecular complexity index is 373. The van der Waals surface area contributed by atoms with E-state index in [1.807, 2.05) is 0 Å². The zero-order valence-corrected chi connectivity index (χ0v) is 11.8. The zero-order valence-electron chi connectivity index (χ0n) is 10.2. The van der Waals surface area contributed by atoms with Crippen molar-refractivity contribution in [2.45, 2.75) is 44.7 Å². The Hall–Kier alpha value is -0.340. The Morgan fingerprint density at radius 1 is 1.06 bits per heavy atom. The molecule has 2 atom stereocenters. The first-order valence-corrected chi connectivity index (χ1v) is 7.61. The summed E-state index contributed by atoms with van der Waals surface area (Å²) in [6.45, 7) is 2.46. The Morgan fingerprint density at radius 2 is 1.82 bits per heavy atom. The smallest absolute Gasteiger partial charge is 0.0236 e. The van der Waals surface area contributed by atoms with Gasteiger partial charge in [0.25, 0.3) is 0 Å². The van der Waals surface area contributed by atoms with Gasteiger partial charge >= 0.3 is 0 Å². The van der Waals surface area contributed by atoms with Gasteiger partial charge in [-0.25, -0.2) is 0 Å². The van der Waals surface area contributed by atoms with Crippen molar-refractivity contribution in [2.75, 3.05) is 6.54 Å². The van der Waals surface area contributed by atoms with Crippen LogP contribution in [-0.2, 0) is 6.54 Å². The van der Waals surface area contributed by atoms with Crippen LogP contribution in [-0.4, -0.2) is 17.5 Å². The first kappa shape index (κ1) is 11.7. The summed E-state index contributed by atoms with van der Waals surface area (Å²) in [6.07, 6.45) is 7.25. The van der Waals surface area contributed by atoms with Crippen LogP contribution >= 0.6 is 15.9 Å². The summed E-state index contributed by atoms with van der Waals surface area (Å²) in [6, 6.07) is 9.70. The van der Waals surface area contributed by atoms with E-state index in [1.165, 1.54) is 48.7 Å². The number of fused-ring (bicyclic) bond motifs is 1. The van der Waals surface area contributed by atoms with Crippen LogP contribution in [0, 0.1) is 5.92 Å². The molecule has 0 aromatic heterocycles. The van der Waals surface area contributed by atoms with Crippen molar-refractivity contribution in [1.82, 2.24) is 4.90 Å². The molecule has 1 aliphatic heterocycles. The monoisotopic (exact) mass is 293 g/mol. The second-order valence-corrected chi connectivity index (χ2v) is 6.41. The van der Waals surface area contributed by atoms with Crippen molar-refractivity contribution in [2.24, 2.45) is 5.92 Å². The molecule has 1 nitrogen and oxygen atoms in total. The highest BCUT2D eigenvalue weighted by Crippen LogP contribution is 2.36.